The Bertz CT molecular complexity index is 1140. The molecule has 0 unspecified atom stereocenters. The summed E-state index contributed by atoms with van der Waals surface area (Å²) in [6.07, 6.45) is 4.77. The van der Waals surface area contributed by atoms with Crippen LogP contribution in [0.1, 0.15) is 25.5 Å². The van der Waals surface area contributed by atoms with Crippen LogP contribution in [0.3, 0.4) is 0 Å². The smallest absolute Gasteiger partial charge is 0.246 e. The standard InChI is InChI=1S/C24H30F2N8O/c1-14-21-22(33(3)15(2)23(35)31-21)32-24(30-14)29-13-16(11-27)12-28-19-4-6-34(7-5-19)20-9-17(25)8-18(26)10-20/h8-12,15,19H,4-7,13,27H2,1-3H3,(H,31,35)(H,29,30,32)/b16-11+,28-12?/t15-/m0/s1. The van der Waals surface area contributed by atoms with Crippen molar-refractivity contribution in [2.75, 3.05) is 47.1 Å². The summed E-state index contributed by atoms with van der Waals surface area (Å²) in [4.78, 5) is 29.5. The van der Waals surface area contributed by atoms with Crippen LogP contribution in [0.4, 0.5) is 31.9 Å². The van der Waals surface area contributed by atoms with Gasteiger partial charge in [0.1, 0.15) is 23.4 Å². The number of hydrogen-bond donors (Lipinski definition) is 3. The zero-order chi connectivity index (χ0) is 25.1. The van der Waals surface area contributed by atoms with Crippen molar-refractivity contribution in [3.05, 3.63) is 47.3 Å². The number of benzene rings is 1. The van der Waals surface area contributed by atoms with E-state index in [1.54, 1.807) is 6.21 Å². The number of aromatic nitrogens is 2. The average molecular weight is 485 g/mol. The number of hydrogen-bond acceptors (Lipinski definition) is 8. The van der Waals surface area contributed by atoms with Crippen LogP contribution in [0.2, 0.25) is 0 Å². The predicted molar refractivity (Wildman–Crippen MR) is 134 cm³/mol. The van der Waals surface area contributed by atoms with E-state index in [0.717, 1.165) is 24.5 Å². The number of carbonyl (C=O) groups excluding carboxylic acids is 1. The minimum absolute atomic E-state index is 0.0918. The number of carbonyl (C=O) groups is 1. The van der Waals surface area contributed by atoms with Gasteiger partial charge in [-0.05, 0) is 38.8 Å². The van der Waals surface area contributed by atoms with Crippen molar-refractivity contribution in [3.63, 3.8) is 0 Å². The second-order valence-corrected chi connectivity index (χ2v) is 8.83. The van der Waals surface area contributed by atoms with Crippen LogP contribution in [0.15, 0.2) is 35.0 Å². The average Bonchev–Trinajstić information content (AvgIpc) is 2.83. The molecule has 1 amide bonds. The maximum absolute atomic E-state index is 13.5. The number of nitrogens with zero attached hydrogens (tertiary/aromatic N) is 5. The lowest BCUT2D eigenvalue weighted by Gasteiger charge is -2.32. The van der Waals surface area contributed by atoms with Crippen LogP contribution >= 0.6 is 0 Å². The van der Waals surface area contributed by atoms with E-state index in [4.69, 9.17) is 5.73 Å². The second kappa shape index (κ2) is 10.2. The molecule has 3 heterocycles. The highest BCUT2D eigenvalue weighted by molar-refractivity contribution is 6.03. The van der Waals surface area contributed by atoms with Crippen LogP contribution in [-0.4, -0.2) is 60.9 Å². The summed E-state index contributed by atoms with van der Waals surface area (Å²) in [6, 6.07) is 3.35. The minimum atomic E-state index is -0.575. The fourth-order valence-corrected chi connectivity index (χ4v) is 4.15. The first kappa shape index (κ1) is 24.4. The predicted octanol–water partition coefficient (Wildman–Crippen LogP) is 2.83. The number of anilines is 4. The molecule has 9 nitrogen and oxygen atoms in total. The molecule has 2 aromatic rings. The summed E-state index contributed by atoms with van der Waals surface area (Å²) in [6.45, 7) is 5.34. The maximum atomic E-state index is 13.5. The third-order valence-electron chi connectivity index (χ3n) is 6.41. The molecule has 2 aliphatic rings. The van der Waals surface area contributed by atoms with Crippen molar-refractivity contribution >= 4 is 35.3 Å². The van der Waals surface area contributed by atoms with Gasteiger partial charge in [-0.15, -0.1) is 0 Å². The molecule has 186 valence electrons. The van der Waals surface area contributed by atoms with Crippen LogP contribution in [0, 0.1) is 18.6 Å². The molecule has 0 spiro atoms. The summed E-state index contributed by atoms with van der Waals surface area (Å²) in [5.41, 5.74) is 8.41. The Morgan fingerprint density at radius 2 is 1.94 bits per heavy atom. The Morgan fingerprint density at radius 1 is 1.26 bits per heavy atom. The summed E-state index contributed by atoms with van der Waals surface area (Å²) >= 11 is 0. The van der Waals surface area contributed by atoms with Crippen LogP contribution in [0.5, 0.6) is 0 Å². The molecule has 1 fully saturated rings. The van der Waals surface area contributed by atoms with Crippen LogP contribution in [-0.2, 0) is 4.79 Å². The first-order valence-electron chi connectivity index (χ1n) is 11.6. The van der Waals surface area contributed by atoms with E-state index in [1.165, 1.54) is 18.3 Å². The lowest BCUT2D eigenvalue weighted by molar-refractivity contribution is -0.117. The molecule has 2 aliphatic heterocycles. The number of piperidine rings is 1. The minimum Gasteiger partial charge on any atom is -0.404 e. The molecular weight excluding hydrogens is 454 g/mol. The Morgan fingerprint density at radius 3 is 2.60 bits per heavy atom. The van der Waals surface area contributed by atoms with Gasteiger partial charge in [0, 0.05) is 56.4 Å². The van der Waals surface area contributed by atoms with Crippen LogP contribution < -0.4 is 26.2 Å². The van der Waals surface area contributed by atoms with Gasteiger partial charge in [-0.2, -0.15) is 4.98 Å². The SMILES string of the molecule is Cc1nc(NC/C(C=NC2CCN(c3cc(F)cc(F)c3)CC2)=C/N)nc2c1NC(=O)[C@H](C)N2C. The normalized spacial score (nSPS) is 19.2. The maximum Gasteiger partial charge on any atom is 0.246 e. The van der Waals surface area contributed by atoms with Gasteiger partial charge >= 0.3 is 0 Å². The first-order valence-corrected chi connectivity index (χ1v) is 11.6. The largest absolute Gasteiger partial charge is 0.404 e. The number of likely N-dealkylation sites (N-methyl/N-ethyl adjacent to an activating group) is 1. The molecule has 1 aromatic carbocycles. The van der Waals surface area contributed by atoms with E-state index in [0.29, 0.717) is 48.5 Å². The van der Waals surface area contributed by atoms with Crippen molar-refractivity contribution in [1.82, 2.24) is 9.97 Å². The summed E-state index contributed by atoms with van der Waals surface area (Å²) < 4.78 is 27.0. The lowest BCUT2D eigenvalue weighted by Crippen LogP contribution is -2.44. The van der Waals surface area contributed by atoms with Gasteiger partial charge in [-0.1, -0.05) is 0 Å². The zero-order valence-electron chi connectivity index (χ0n) is 20.1. The van der Waals surface area contributed by atoms with Crippen molar-refractivity contribution in [3.8, 4) is 0 Å². The zero-order valence-corrected chi connectivity index (χ0v) is 20.1. The molecule has 0 bridgehead atoms. The molecule has 1 atom stereocenters. The highest BCUT2D eigenvalue weighted by Gasteiger charge is 2.30. The molecular formula is C24H30F2N8O. The number of amides is 1. The van der Waals surface area contributed by atoms with Gasteiger partial charge in [0.2, 0.25) is 11.9 Å². The van der Waals surface area contributed by atoms with Crippen molar-refractivity contribution in [2.45, 2.75) is 38.8 Å². The topological polar surface area (TPSA) is 112 Å². The molecule has 1 saturated heterocycles. The van der Waals surface area contributed by atoms with Crippen molar-refractivity contribution < 1.29 is 13.6 Å². The van der Waals surface area contributed by atoms with E-state index in [2.05, 4.69) is 25.6 Å². The summed E-state index contributed by atoms with van der Waals surface area (Å²) in [5.74, 6) is -0.154. The number of rotatable bonds is 6. The first-order chi connectivity index (χ1) is 16.7. The number of nitrogens with two attached hydrogens (primary N) is 1. The lowest BCUT2D eigenvalue weighted by atomic mass is 10.0. The Labute approximate surface area is 203 Å². The number of aryl methyl sites for hydroxylation is 1. The fraction of sp³-hybridized carbons (Fsp3) is 0.417. The summed E-state index contributed by atoms with van der Waals surface area (Å²) in [7, 11) is 1.83. The molecule has 0 radical (unpaired) electrons. The third-order valence-corrected chi connectivity index (χ3v) is 6.41. The molecule has 1 aromatic heterocycles. The number of aliphatic imine (C=N–C) groups is 1. The monoisotopic (exact) mass is 484 g/mol. The van der Waals surface area contributed by atoms with Gasteiger partial charge in [-0.25, -0.2) is 13.8 Å². The van der Waals surface area contributed by atoms with Gasteiger partial charge in [-0.3, -0.25) is 9.79 Å². The number of halogens is 2. The van der Waals surface area contributed by atoms with E-state index in [9.17, 15) is 13.6 Å². The molecule has 4 rings (SSSR count). The molecule has 0 saturated carbocycles. The van der Waals surface area contributed by atoms with Crippen LogP contribution in [0.25, 0.3) is 0 Å². The summed E-state index contributed by atoms with van der Waals surface area (Å²) in [5, 5.41) is 6.04. The quantitative estimate of drug-likeness (QED) is 0.541. The Kier molecular flexibility index (Phi) is 7.13. The molecule has 35 heavy (non-hydrogen) atoms. The van der Waals surface area contributed by atoms with Gasteiger partial charge in [0.05, 0.1) is 11.7 Å². The van der Waals surface area contributed by atoms with E-state index in [1.807, 2.05) is 30.7 Å². The van der Waals surface area contributed by atoms with Crippen molar-refractivity contribution in [1.29, 1.82) is 0 Å². The third kappa shape index (κ3) is 5.50. The Balaban J connectivity index is 1.34. The Hall–Kier alpha value is -3.76. The van der Waals surface area contributed by atoms with Crippen molar-refractivity contribution in [2.24, 2.45) is 10.7 Å². The van der Waals surface area contributed by atoms with E-state index < -0.39 is 11.6 Å². The van der Waals surface area contributed by atoms with Gasteiger partial charge < -0.3 is 26.2 Å². The molecule has 11 heteroatoms. The highest BCUT2D eigenvalue weighted by atomic mass is 19.1. The molecule has 0 aliphatic carbocycles. The van der Waals surface area contributed by atoms with Gasteiger partial charge in [0.25, 0.3) is 0 Å². The fourth-order valence-electron chi connectivity index (χ4n) is 4.15. The van der Waals surface area contributed by atoms with E-state index in [-0.39, 0.29) is 18.0 Å². The highest BCUT2D eigenvalue weighted by Crippen LogP contribution is 2.32. The number of fused-ring (bicyclic) bond motifs is 1. The molecule has 4 N–H and O–H groups in total. The second-order valence-electron chi connectivity index (χ2n) is 8.83. The van der Waals surface area contributed by atoms with Gasteiger partial charge in [0.15, 0.2) is 5.82 Å². The number of nitrogens with one attached hydrogen (secondary N) is 2. The van der Waals surface area contributed by atoms with E-state index >= 15 is 0 Å².